The van der Waals surface area contributed by atoms with Crippen LogP contribution in [0, 0.1) is 20.8 Å². The number of nitrogens with zero attached hydrogens (tertiary/aromatic N) is 2. The van der Waals surface area contributed by atoms with Crippen LogP contribution < -0.4 is 10.9 Å². The first-order chi connectivity index (χ1) is 11.5. The number of aromatic nitrogens is 3. The van der Waals surface area contributed by atoms with E-state index in [2.05, 4.69) is 26.6 Å². The van der Waals surface area contributed by atoms with Gasteiger partial charge in [0.05, 0.1) is 0 Å². The van der Waals surface area contributed by atoms with E-state index in [1.54, 1.807) is 0 Å². The van der Waals surface area contributed by atoms with Gasteiger partial charge in [0, 0.05) is 12.1 Å². The van der Waals surface area contributed by atoms with Gasteiger partial charge in [0.1, 0.15) is 5.69 Å². The van der Waals surface area contributed by atoms with Crippen LogP contribution in [-0.4, -0.2) is 15.2 Å². The molecule has 2 N–H and O–H groups in total. The van der Waals surface area contributed by atoms with Crippen LogP contribution in [-0.2, 0) is 6.42 Å². The molecule has 0 saturated heterocycles. The van der Waals surface area contributed by atoms with Gasteiger partial charge in [0.15, 0.2) is 0 Å². The first-order valence-electron chi connectivity index (χ1n) is 7.86. The largest absolute Gasteiger partial charge is 0.324 e. The lowest BCUT2D eigenvalue weighted by Gasteiger charge is -2.08. The molecule has 5 nitrogen and oxygen atoms in total. The minimum atomic E-state index is -0.225. The van der Waals surface area contributed by atoms with Gasteiger partial charge in [-0.1, -0.05) is 35.9 Å². The predicted octanol–water partition coefficient (Wildman–Crippen LogP) is 3.42. The van der Waals surface area contributed by atoms with E-state index in [0.717, 1.165) is 22.4 Å². The van der Waals surface area contributed by atoms with Crippen molar-refractivity contribution in [1.29, 1.82) is 0 Å². The SMILES string of the molecule is Cc1ccc(Cc2nnc(Nc3cc(C)cc(C)c3)[nH]c2=O)cc1. The summed E-state index contributed by atoms with van der Waals surface area (Å²) in [5, 5.41) is 11.3. The van der Waals surface area contributed by atoms with Crippen molar-refractivity contribution in [2.45, 2.75) is 27.2 Å². The van der Waals surface area contributed by atoms with Crippen molar-refractivity contribution in [2.24, 2.45) is 0 Å². The van der Waals surface area contributed by atoms with Crippen LogP contribution >= 0.6 is 0 Å². The summed E-state index contributed by atoms with van der Waals surface area (Å²) in [5.41, 5.74) is 5.57. The molecule has 2 aromatic carbocycles. The molecular formula is C19H20N4O. The summed E-state index contributed by atoms with van der Waals surface area (Å²) in [6.07, 6.45) is 0.465. The Morgan fingerprint density at radius 1 is 0.917 bits per heavy atom. The van der Waals surface area contributed by atoms with Crippen molar-refractivity contribution in [1.82, 2.24) is 15.2 Å². The predicted molar refractivity (Wildman–Crippen MR) is 95.8 cm³/mol. The van der Waals surface area contributed by atoms with Crippen molar-refractivity contribution in [3.05, 3.63) is 80.8 Å². The van der Waals surface area contributed by atoms with E-state index in [9.17, 15) is 4.79 Å². The Kier molecular flexibility index (Phi) is 4.42. The van der Waals surface area contributed by atoms with Crippen LogP contribution in [0.2, 0.25) is 0 Å². The van der Waals surface area contributed by atoms with Crippen LogP contribution in [0.15, 0.2) is 47.3 Å². The smallest absolute Gasteiger partial charge is 0.274 e. The maximum absolute atomic E-state index is 12.2. The molecule has 0 aliphatic carbocycles. The number of rotatable bonds is 4. The van der Waals surface area contributed by atoms with Crippen LogP contribution in [0.3, 0.4) is 0 Å². The van der Waals surface area contributed by atoms with E-state index >= 15 is 0 Å². The standard InChI is InChI=1S/C19H20N4O/c1-12-4-6-15(7-5-12)11-17-18(24)21-19(23-22-17)20-16-9-13(2)8-14(3)10-16/h4-10H,11H2,1-3H3,(H2,20,21,23,24). The molecule has 0 saturated carbocycles. The first kappa shape index (κ1) is 15.9. The quantitative estimate of drug-likeness (QED) is 0.772. The number of anilines is 2. The van der Waals surface area contributed by atoms with Gasteiger partial charge in [-0.2, -0.15) is 0 Å². The summed E-state index contributed by atoms with van der Waals surface area (Å²) in [6.45, 7) is 6.08. The Labute approximate surface area is 140 Å². The Morgan fingerprint density at radius 2 is 1.58 bits per heavy atom. The highest BCUT2D eigenvalue weighted by Gasteiger charge is 2.07. The van der Waals surface area contributed by atoms with E-state index in [4.69, 9.17) is 0 Å². The number of benzene rings is 2. The molecule has 3 rings (SSSR count). The maximum atomic E-state index is 12.2. The number of H-pyrrole nitrogens is 1. The van der Waals surface area contributed by atoms with Gasteiger partial charge < -0.3 is 5.32 Å². The van der Waals surface area contributed by atoms with E-state index in [1.165, 1.54) is 5.56 Å². The monoisotopic (exact) mass is 320 g/mol. The Morgan fingerprint density at radius 3 is 2.21 bits per heavy atom. The fourth-order valence-electron chi connectivity index (χ4n) is 2.62. The number of aryl methyl sites for hydroxylation is 3. The molecule has 0 amide bonds. The minimum absolute atomic E-state index is 0.225. The molecule has 0 fully saturated rings. The summed E-state index contributed by atoms with van der Waals surface area (Å²) >= 11 is 0. The summed E-state index contributed by atoms with van der Waals surface area (Å²) in [4.78, 5) is 15.0. The molecule has 24 heavy (non-hydrogen) atoms. The minimum Gasteiger partial charge on any atom is -0.324 e. The van der Waals surface area contributed by atoms with Crippen LogP contribution in [0.1, 0.15) is 27.9 Å². The highest BCUT2D eigenvalue weighted by atomic mass is 16.1. The molecule has 0 spiro atoms. The fraction of sp³-hybridized carbons (Fsp3) is 0.211. The zero-order chi connectivity index (χ0) is 17.1. The van der Waals surface area contributed by atoms with Crippen molar-refractivity contribution in [2.75, 3.05) is 5.32 Å². The molecule has 0 radical (unpaired) electrons. The zero-order valence-electron chi connectivity index (χ0n) is 14.1. The summed E-state index contributed by atoms with van der Waals surface area (Å²) in [7, 11) is 0. The molecule has 1 heterocycles. The third kappa shape index (κ3) is 3.87. The van der Waals surface area contributed by atoms with E-state index in [-0.39, 0.29) is 5.56 Å². The lowest BCUT2D eigenvalue weighted by molar-refractivity contribution is 0.874. The number of nitrogens with one attached hydrogen (secondary N) is 2. The summed E-state index contributed by atoms with van der Waals surface area (Å²) in [6, 6.07) is 14.1. The van der Waals surface area contributed by atoms with E-state index in [1.807, 2.05) is 57.2 Å². The highest BCUT2D eigenvalue weighted by Crippen LogP contribution is 2.16. The van der Waals surface area contributed by atoms with Gasteiger partial charge in [-0.05, 0) is 49.6 Å². The molecule has 0 bridgehead atoms. The Bertz CT molecular complexity index is 893. The van der Waals surface area contributed by atoms with Crippen molar-refractivity contribution >= 4 is 11.6 Å². The van der Waals surface area contributed by atoms with Gasteiger partial charge >= 0.3 is 0 Å². The molecule has 1 aromatic heterocycles. The summed E-state index contributed by atoms with van der Waals surface area (Å²) < 4.78 is 0. The van der Waals surface area contributed by atoms with Gasteiger partial charge in [-0.3, -0.25) is 9.78 Å². The third-order valence-electron chi connectivity index (χ3n) is 3.74. The Balaban J connectivity index is 1.79. The lowest BCUT2D eigenvalue weighted by atomic mass is 10.1. The second kappa shape index (κ2) is 6.66. The van der Waals surface area contributed by atoms with E-state index in [0.29, 0.717) is 18.1 Å². The second-order valence-corrected chi connectivity index (χ2v) is 6.11. The topological polar surface area (TPSA) is 70.7 Å². The second-order valence-electron chi connectivity index (χ2n) is 6.11. The highest BCUT2D eigenvalue weighted by molar-refractivity contribution is 5.55. The van der Waals surface area contributed by atoms with Crippen LogP contribution in [0.4, 0.5) is 11.6 Å². The fourth-order valence-corrected chi connectivity index (χ4v) is 2.62. The number of hydrogen-bond acceptors (Lipinski definition) is 4. The van der Waals surface area contributed by atoms with Gasteiger partial charge in [0.2, 0.25) is 5.95 Å². The number of aromatic amines is 1. The molecule has 3 aromatic rings. The third-order valence-corrected chi connectivity index (χ3v) is 3.74. The first-order valence-corrected chi connectivity index (χ1v) is 7.86. The summed E-state index contributed by atoms with van der Waals surface area (Å²) in [5.74, 6) is 0.345. The van der Waals surface area contributed by atoms with Crippen LogP contribution in [0.25, 0.3) is 0 Å². The molecule has 122 valence electrons. The molecule has 0 atom stereocenters. The maximum Gasteiger partial charge on any atom is 0.274 e. The molecule has 0 aliphatic heterocycles. The molecular weight excluding hydrogens is 300 g/mol. The van der Waals surface area contributed by atoms with Crippen molar-refractivity contribution < 1.29 is 0 Å². The molecule has 0 aliphatic rings. The zero-order valence-corrected chi connectivity index (χ0v) is 14.1. The van der Waals surface area contributed by atoms with Crippen molar-refractivity contribution in [3.8, 4) is 0 Å². The average molecular weight is 320 g/mol. The number of hydrogen-bond donors (Lipinski definition) is 2. The average Bonchev–Trinajstić information content (AvgIpc) is 2.51. The molecule has 5 heteroatoms. The van der Waals surface area contributed by atoms with E-state index < -0.39 is 0 Å². The van der Waals surface area contributed by atoms with Gasteiger partial charge in [-0.15, -0.1) is 10.2 Å². The molecule has 0 unspecified atom stereocenters. The normalized spacial score (nSPS) is 10.6. The van der Waals surface area contributed by atoms with Crippen molar-refractivity contribution in [3.63, 3.8) is 0 Å². The lowest BCUT2D eigenvalue weighted by Crippen LogP contribution is -2.18. The van der Waals surface area contributed by atoms with Gasteiger partial charge in [0.25, 0.3) is 5.56 Å². The van der Waals surface area contributed by atoms with Gasteiger partial charge in [-0.25, -0.2) is 0 Å². The van der Waals surface area contributed by atoms with Crippen LogP contribution in [0.5, 0.6) is 0 Å². The Hall–Kier alpha value is -2.95.